The second-order valence-electron chi connectivity index (χ2n) is 3.57. The number of nitrogens with zero attached hydrogens (tertiary/aromatic N) is 1. The quantitative estimate of drug-likeness (QED) is 0.659. The normalized spacial score (nSPS) is 10.0. The van der Waals surface area contributed by atoms with Crippen LogP contribution in [0, 0.1) is 11.3 Å². The zero-order chi connectivity index (χ0) is 10.5. The van der Waals surface area contributed by atoms with E-state index in [1.807, 2.05) is 6.07 Å². The molecule has 13 heavy (non-hydrogen) atoms. The predicted octanol–water partition coefficient (Wildman–Crippen LogP) is 1.59. The largest absolute Gasteiger partial charge is 0.444 e. The van der Waals surface area contributed by atoms with Crippen molar-refractivity contribution < 1.29 is 9.53 Å². The standard InChI is InChI=1S/C9H14N2O2/c1-7(5-10)6-11-8(12)13-9(2,3)4/h1,6H2,2-4H3,(H,11,12). The first-order valence-corrected chi connectivity index (χ1v) is 3.90. The smallest absolute Gasteiger partial charge is 0.407 e. The lowest BCUT2D eigenvalue weighted by molar-refractivity contribution is 0.0533. The van der Waals surface area contributed by atoms with Crippen molar-refractivity contribution in [1.82, 2.24) is 5.32 Å². The summed E-state index contributed by atoms with van der Waals surface area (Å²) in [5.74, 6) is 0. The summed E-state index contributed by atoms with van der Waals surface area (Å²) in [5.41, 5.74) is -0.219. The van der Waals surface area contributed by atoms with Crippen LogP contribution in [0.4, 0.5) is 4.79 Å². The van der Waals surface area contributed by atoms with Gasteiger partial charge in [0.2, 0.25) is 0 Å². The highest BCUT2D eigenvalue weighted by Gasteiger charge is 2.15. The summed E-state index contributed by atoms with van der Waals surface area (Å²) in [6, 6.07) is 1.82. The highest BCUT2D eigenvalue weighted by molar-refractivity contribution is 5.68. The van der Waals surface area contributed by atoms with E-state index in [-0.39, 0.29) is 6.54 Å². The lowest BCUT2D eigenvalue weighted by Gasteiger charge is -2.19. The molecule has 0 spiro atoms. The van der Waals surface area contributed by atoms with Gasteiger partial charge >= 0.3 is 6.09 Å². The van der Waals surface area contributed by atoms with Gasteiger partial charge in [-0.3, -0.25) is 0 Å². The monoisotopic (exact) mass is 182 g/mol. The van der Waals surface area contributed by atoms with E-state index < -0.39 is 11.7 Å². The van der Waals surface area contributed by atoms with E-state index in [2.05, 4.69) is 11.9 Å². The van der Waals surface area contributed by atoms with Crippen molar-refractivity contribution in [2.45, 2.75) is 26.4 Å². The van der Waals surface area contributed by atoms with E-state index in [1.165, 1.54) is 0 Å². The third-order valence-electron chi connectivity index (χ3n) is 1.00. The molecule has 0 aliphatic carbocycles. The zero-order valence-corrected chi connectivity index (χ0v) is 8.18. The van der Waals surface area contributed by atoms with Gasteiger partial charge in [-0.1, -0.05) is 6.58 Å². The molecule has 1 N–H and O–H groups in total. The molecule has 0 aromatic rings. The molecular weight excluding hydrogens is 168 g/mol. The topological polar surface area (TPSA) is 62.1 Å². The van der Waals surface area contributed by atoms with Crippen molar-refractivity contribution >= 4 is 6.09 Å². The van der Waals surface area contributed by atoms with Gasteiger partial charge in [-0.05, 0) is 20.8 Å². The Morgan fingerprint density at radius 1 is 1.62 bits per heavy atom. The fraction of sp³-hybridized carbons (Fsp3) is 0.556. The summed E-state index contributed by atoms with van der Waals surface area (Å²) in [4.78, 5) is 11.0. The summed E-state index contributed by atoms with van der Waals surface area (Å²) in [6.07, 6.45) is -0.538. The van der Waals surface area contributed by atoms with Gasteiger partial charge in [0.15, 0.2) is 0 Å². The van der Waals surface area contributed by atoms with Gasteiger partial charge in [0.25, 0.3) is 0 Å². The maximum absolute atomic E-state index is 11.0. The number of alkyl carbamates (subject to hydrolysis) is 1. The molecule has 0 aliphatic heterocycles. The third kappa shape index (κ3) is 6.88. The molecule has 0 aliphatic rings. The van der Waals surface area contributed by atoms with Crippen LogP contribution >= 0.6 is 0 Å². The molecule has 0 rings (SSSR count). The Balaban J connectivity index is 3.79. The van der Waals surface area contributed by atoms with Crippen LogP contribution in [0.3, 0.4) is 0 Å². The van der Waals surface area contributed by atoms with E-state index in [9.17, 15) is 4.79 Å². The minimum atomic E-state index is -0.538. The van der Waals surface area contributed by atoms with E-state index in [4.69, 9.17) is 10.00 Å². The van der Waals surface area contributed by atoms with Crippen molar-refractivity contribution in [3.8, 4) is 6.07 Å². The SMILES string of the molecule is C=C(C#N)CNC(=O)OC(C)(C)C. The Labute approximate surface area is 78.2 Å². The van der Waals surface area contributed by atoms with Crippen LogP contribution in [-0.2, 0) is 4.74 Å². The molecule has 4 heteroatoms. The molecule has 1 amide bonds. The van der Waals surface area contributed by atoms with Crippen LogP contribution in [0.15, 0.2) is 12.2 Å². The maximum atomic E-state index is 11.0. The fourth-order valence-corrected chi connectivity index (χ4v) is 0.533. The van der Waals surface area contributed by atoms with Gasteiger partial charge < -0.3 is 10.1 Å². The highest BCUT2D eigenvalue weighted by Crippen LogP contribution is 2.06. The molecule has 0 bridgehead atoms. The number of nitriles is 1. The summed E-state index contributed by atoms with van der Waals surface area (Å²) in [7, 11) is 0. The van der Waals surface area contributed by atoms with Gasteiger partial charge in [-0.25, -0.2) is 4.79 Å². The number of hydrogen-bond donors (Lipinski definition) is 1. The number of hydrogen-bond acceptors (Lipinski definition) is 3. The molecule has 0 saturated carbocycles. The first-order valence-electron chi connectivity index (χ1n) is 3.90. The number of rotatable bonds is 2. The number of carbonyl (C=O) groups is 1. The van der Waals surface area contributed by atoms with Gasteiger partial charge in [0, 0.05) is 5.57 Å². The van der Waals surface area contributed by atoms with Crippen molar-refractivity contribution in [3.63, 3.8) is 0 Å². The Morgan fingerprint density at radius 2 is 2.15 bits per heavy atom. The van der Waals surface area contributed by atoms with Crippen LogP contribution in [0.1, 0.15) is 20.8 Å². The molecule has 0 atom stereocenters. The molecule has 0 radical (unpaired) electrons. The number of nitrogens with one attached hydrogen (secondary N) is 1. The first kappa shape index (κ1) is 11.5. The summed E-state index contributed by atoms with van der Waals surface area (Å²) >= 11 is 0. The van der Waals surface area contributed by atoms with Crippen LogP contribution in [0.25, 0.3) is 0 Å². The first-order chi connectivity index (χ1) is 5.85. The lowest BCUT2D eigenvalue weighted by atomic mass is 10.2. The molecule has 4 nitrogen and oxygen atoms in total. The second kappa shape index (κ2) is 4.51. The van der Waals surface area contributed by atoms with Crippen molar-refractivity contribution in [2.75, 3.05) is 6.54 Å². The molecule has 0 saturated heterocycles. The fourth-order valence-electron chi connectivity index (χ4n) is 0.533. The minimum Gasteiger partial charge on any atom is -0.444 e. The molecule has 0 aromatic heterocycles. The van der Waals surface area contributed by atoms with Crippen LogP contribution < -0.4 is 5.32 Å². The average molecular weight is 182 g/mol. The van der Waals surface area contributed by atoms with E-state index in [1.54, 1.807) is 20.8 Å². The lowest BCUT2D eigenvalue weighted by Crippen LogP contribution is -2.33. The van der Waals surface area contributed by atoms with Crippen LogP contribution in [0.2, 0.25) is 0 Å². The summed E-state index contributed by atoms with van der Waals surface area (Å²) < 4.78 is 4.93. The van der Waals surface area contributed by atoms with Crippen molar-refractivity contribution in [2.24, 2.45) is 0 Å². The van der Waals surface area contributed by atoms with Crippen LogP contribution in [0.5, 0.6) is 0 Å². The van der Waals surface area contributed by atoms with Crippen molar-refractivity contribution in [3.05, 3.63) is 12.2 Å². The average Bonchev–Trinajstić information content (AvgIpc) is 1.97. The predicted molar refractivity (Wildman–Crippen MR) is 49.0 cm³/mol. The van der Waals surface area contributed by atoms with Crippen molar-refractivity contribution in [1.29, 1.82) is 5.26 Å². The van der Waals surface area contributed by atoms with E-state index >= 15 is 0 Å². The Morgan fingerprint density at radius 3 is 2.54 bits per heavy atom. The zero-order valence-electron chi connectivity index (χ0n) is 8.18. The van der Waals surface area contributed by atoms with Crippen LogP contribution in [-0.4, -0.2) is 18.2 Å². The van der Waals surface area contributed by atoms with Gasteiger partial charge in [-0.15, -0.1) is 0 Å². The third-order valence-corrected chi connectivity index (χ3v) is 1.00. The Kier molecular flexibility index (Phi) is 3.99. The summed E-state index contributed by atoms with van der Waals surface area (Å²) in [5, 5.41) is 10.7. The van der Waals surface area contributed by atoms with Gasteiger partial charge in [-0.2, -0.15) is 5.26 Å². The maximum Gasteiger partial charge on any atom is 0.407 e. The highest BCUT2D eigenvalue weighted by atomic mass is 16.6. The van der Waals surface area contributed by atoms with Gasteiger partial charge in [0.1, 0.15) is 5.60 Å². The Bertz CT molecular complexity index is 245. The minimum absolute atomic E-state index is 0.130. The summed E-state index contributed by atoms with van der Waals surface area (Å²) in [6.45, 7) is 8.85. The molecule has 0 aromatic carbocycles. The molecule has 0 fully saturated rings. The molecule has 72 valence electrons. The van der Waals surface area contributed by atoms with Gasteiger partial charge in [0.05, 0.1) is 12.6 Å². The molecule has 0 heterocycles. The van der Waals surface area contributed by atoms with E-state index in [0.717, 1.165) is 0 Å². The number of carbonyl (C=O) groups excluding carboxylic acids is 1. The number of amides is 1. The molecule has 0 unspecified atom stereocenters. The molecular formula is C9H14N2O2. The second-order valence-corrected chi connectivity index (χ2v) is 3.57. The Hall–Kier alpha value is -1.50. The number of ether oxygens (including phenoxy) is 1. The van der Waals surface area contributed by atoms with E-state index in [0.29, 0.717) is 5.57 Å².